The van der Waals surface area contributed by atoms with Crippen LogP contribution in [0.15, 0.2) is 36.4 Å². The van der Waals surface area contributed by atoms with Crippen molar-refractivity contribution in [3.63, 3.8) is 0 Å². The van der Waals surface area contributed by atoms with Gasteiger partial charge in [-0.05, 0) is 42.7 Å². The number of aryl methyl sites for hydroxylation is 1. The third-order valence-electron chi connectivity index (χ3n) is 5.14. The molecule has 6 nitrogen and oxygen atoms in total. The average molecular weight is 419 g/mol. The van der Waals surface area contributed by atoms with Crippen LogP contribution in [0.4, 0.5) is 5.69 Å². The number of benzene rings is 2. The molecule has 3 rings (SSSR count). The van der Waals surface area contributed by atoms with Crippen LogP contribution in [0.2, 0.25) is 5.02 Å². The second-order valence-corrected chi connectivity index (χ2v) is 7.40. The zero-order valence-electron chi connectivity index (χ0n) is 17.0. The van der Waals surface area contributed by atoms with Gasteiger partial charge in [0.25, 0.3) is 0 Å². The van der Waals surface area contributed by atoms with Crippen molar-refractivity contribution in [3.8, 4) is 17.2 Å². The van der Waals surface area contributed by atoms with Gasteiger partial charge >= 0.3 is 0 Å². The predicted octanol–water partition coefficient (Wildman–Crippen LogP) is 3.69. The van der Waals surface area contributed by atoms with Crippen LogP contribution in [0, 0.1) is 0 Å². The molecular weight excluding hydrogens is 392 g/mol. The first kappa shape index (κ1) is 21.1. The average Bonchev–Trinajstić information content (AvgIpc) is 3.19. The van der Waals surface area contributed by atoms with Crippen LogP contribution in [-0.4, -0.2) is 46.4 Å². The van der Waals surface area contributed by atoms with E-state index < -0.39 is 0 Å². The van der Waals surface area contributed by atoms with E-state index in [4.69, 9.17) is 25.8 Å². The minimum absolute atomic E-state index is 0.0276. The molecule has 0 radical (unpaired) electrons. The fourth-order valence-electron chi connectivity index (χ4n) is 3.71. The maximum Gasteiger partial charge on any atom is 0.220 e. The molecule has 1 heterocycles. The molecule has 7 heteroatoms. The van der Waals surface area contributed by atoms with Gasteiger partial charge in [-0.2, -0.15) is 0 Å². The lowest BCUT2D eigenvalue weighted by Crippen LogP contribution is -2.37. The molecule has 0 aliphatic carbocycles. The highest BCUT2D eigenvalue weighted by atomic mass is 35.5. The topological polar surface area (TPSA) is 60.0 Å². The minimum Gasteiger partial charge on any atom is -0.495 e. The highest BCUT2D eigenvalue weighted by molar-refractivity contribution is 6.30. The zero-order chi connectivity index (χ0) is 20.8. The predicted molar refractivity (Wildman–Crippen MR) is 115 cm³/mol. The highest BCUT2D eigenvalue weighted by Gasteiger charge is 2.26. The summed E-state index contributed by atoms with van der Waals surface area (Å²) in [4.78, 5) is 14.7. The Balaban J connectivity index is 1.56. The SMILES string of the molecule is COc1ccc(Cl)cc1N1CCC(NC(=O)CCc2cccc(OC)c2OC)C1. The number of halogens is 1. The Labute approximate surface area is 176 Å². The van der Waals surface area contributed by atoms with E-state index in [1.165, 1.54) is 0 Å². The van der Waals surface area contributed by atoms with Gasteiger partial charge in [0.15, 0.2) is 11.5 Å². The molecule has 0 bridgehead atoms. The van der Waals surface area contributed by atoms with Crippen LogP contribution in [0.5, 0.6) is 17.2 Å². The largest absolute Gasteiger partial charge is 0.495 e. The molecule has 1 amide bonds. The lowest BCUT2D eigenvalue weighted by Gasteiger charge is -2.22. The molecule has 2 aromatic rings. The van der Waals surface area contributed by atoms with Gasteiger partial charge in [0.05, 0.1) is 27.0 Å². The quantitative estimate of drug-likeness (QED) is 0.708. The second kappa shape index (κ2) is 9.74. The number of nitrogens with zero attached hydrogens (tertiary/aromatic N) is 1. The van der Waals surface area contributed by atoms with Crippen molar-refractivity contribution in [2.75, 3.05) is 39.3 Å². The summed E-state index contributed by atoms with van der Waals surface area (Å²) < 4.78 is 16.2. The molecule has 0 aromatic heterocycles. The van der Waals surface area contributed by atoms with Crippen molar-refractivity contribution in [2.45, 2.75) is 25.3 Å². The van der Waals surface area contributed by atoms with E-state index in [2.05, 4.69) is 10.2 Å². The molecule has 1 atom stereocenters. The lowest BCUT2D eigenvalue weighted by molar-refractivity contribution is -0.121. The Bertz CT molecular complexity index is 859. The van der Waals surface area contributed by atoms with Crippen molar-refractivity contribution in [2.24, 2.45) is 0 Å². The van der Waals surface area contributed by atoms with E-state index in [0.717, 1.165) is 36.5 Å². The summed E-state index contributed by atoms with van der Waals surface area (Å²) in [5.41, 5.74) is 1.91. The van der Waals surface area contributed by atoms with E-state index in [-0.39, 0.29) is 11.9 Å². The fraction of sp³-hybridized carbons (Fsp3) is 0.409. The Hall–Kier alpha value is -2.60. The summed E-state index contributed by atoms with van der Waals surface area (Å²) in [6.45, 7) is 1.57. The number of nitrogens with one attached hydrogen (secondary N) is 1. The highest BCUT2D eigenvalue weighted by Crippen LogP contribution is 2.34. The normalized spacial score (nSPS) is 15.9. The molecule has 0 spiro atoms. The molecule has 1 saturated heterocycles. The van der Waals surface area contributed by atoms with Crippen LogP contribution in [0.25, 0.3) is 0 Å². The molecule has 2 aromatic carbocycles. The fourth-order valence-corrected chi connectivity index (χ4v) is 3.87. The van der Waals surface area contributed by atoms with Gasteiger partial charge in [-0.25, -0.2) is 0 Å². The van der Waals surface area contributed by atoms with Crippen LogP contribution < -0.4 is 24.4 Å². The monoisotopic (exact) mass is 418 g/mol. The van der Waals surface area contributed by atoms with Gasteiger partial charge in [0, 0.05) is 30.6 Å². The maximum absolute atomic E-state index is 12.5. The molecule has 0 saturated carbocycles. The van der Waals surface area contributed by atoms with Crippen LogP contribution in [-0.2, 0) is 11.2 Å². The van der Waals surface area contributed by atoms with E-state index in [1.54, 1.807) is 21.3 Å². The van der Waals surface area contributed by atoms with Gasteiger partial charge < -0.3 is 24.4 Å². The van der Waals surface area contributed by atoms with Crippen molar-refractivity contribution in [3.05, 3.63) is 47.0 Å². The summed E-state index contributed by atoms with van der Waals surface area (Å²) in [6, 6.07) is 11.4. The van der Waals surface area contributed by atoms with Gasteiger partial charge in [-0.1, -0.05) is 23.7 Å². The summed E-state index contributed by atoms with van der Waals surface area (Å²) in [7, 11) is 4.86. The van der Waals surface area contributed by atoms with E-state index in [9.17, 15) is 4.79 Å². The van der Waals surface area contributed by atoms with Gasteiger partial charge in [0.1, 0.15) is 5.75 Å². The van der Waals surface area contributed by atoms with Crippen LogP contribution >= 0.6 is 11.6 Å². The third kappa shape index (κ3) is 5.07. The molecule has 1 unspecified atom stereocenters. The Morgan fingerprint density at radius 2 is 1.93 bits per heavy atom. The number of hydrogen-bond acceptors (Lipinski definition) is 5. The lowest BCUT2D eigenvalue weighted by atomic mass is 10.1. The Kier molecular flexibility index (Phi) is 7.09. The van der Waals surface area contributed by atoms with Gasteiger partial charge in [-0.15, -0.1) is 0 Å². The molecular formula is C22H27ClN2O4. The summed E-state index contributed by atoms with van der Waals surface area (Å²) >= 11 is 6.15. The van der Waals surface area contributed by atoms with Crippen molar-refractivity contribution >= 4 is 23.2 Å². The third-order valence-corrected chi connectivity index (χ3v) is 5.38. The van der Waals surface area contributed by atoms with E-state index in [1.807, 2.05) is 36.4 Å². The first-order valence-electron chi connectivity index (χ1n) is 9.63. The summed E-state index contributed by atoms with van der Waals surface area (Å²) in [5, 5.41) is 3.81. The first-order valence-corrected chi connectivity index (χ1v) is 10.0. The summed E-state index contributed by atoms with van der Waals surface area (Å²) in [6.07, 6.45) is 1.86. The van der Waals surface area contributed by atoms with Crippen molar-refractivity contribution in [1.82, 2.24) is 5.32 Å². The maximum atomic E-state index is 12.5. The first-order chi connectivity index (χ1) is 14.0. The number of para-hydroxylation sites is 1. The number of carbonyl (C=O) groups is 1. The van der Waals surface area contributed by atoms with Crippen LogP contribution in [0.1, 0.15) is 18.4 Å². The molecule has 1 aliphatic rings. The number of hydrogen-bond donors (Lipinski definition) is 1. The number of carbonyl (C=O) groups excluding carboxylic acids is 1. The molecule has 1 aliphatic heterocycles. The van der Waals surface area contributed by atoms with Crippen molar-refractivity contribution < 1.29 is 19.0 Å². The molecule has 156 valence electrons. The Morgan fingerprint density at radius 1 is 1.14 bits per heavy atom. The number of ether oxygens (including phenoxy) is 3. The van der Waals surface area contributed by atoms with E-state index in [0.29, 0.717) is 29.4 Å². The molecule has 1 N–H and O–H groups in total. The molecule has 1 fully saturated rings. The minimum atomic E-state index is 0.0276. The van der Waals surface area contributed by atoms with Gasteiger partial charge in [0.2, 0.25) is 5.91 Å². The number of rotatable bonds is 8. The number of amides is 1. The number of anilines is 1. The van der Waals surface area contributed by atoms with Gasteiger partial charge in [-0.3, -0.25) is 4.79 Å². The smallest absolute Gasteiger partial charge is 0.220 e. The Morgan fingerprint density at radius 3 is 2.66 bits per heavy atom. The second-order valence-electron chi connectivity index (χ2n) is 6.97. The standard InChI is InChI=1S/C22H27ClN2O4/c1-27-19-9-8-16(23)13-18(19)25-12-11-17(14-25)24-21(26)10-7-15-5-4-6-20(28-2)22(15)29-3/h4-6,8-9,13,17H,7,10-12,14H2,1-3H3,(H,24,26). The van der Waals surface area contributed by atoms with Crippen molar-refractivity contribution in [1.29, 1.82) is 0 Å². The zero-order valence-corrected chi connectivity index (χ0v) is 17.8. The molecule has 29 heavy (non-hydrogen) atoms. The van der Waals surface area contributed by atoms with Crippen LogP contribution in [0.3, 0.4) is 0 Å². The number of methoxy groups -OCH3 is 3. The summed E-state index contributed by atoms with van der Waals surface area (Å²) in [5.74, 6) is 2.17. The van der Waals surface area contributed by atoms with E-state index >= 15 is 0 Å².